The Bertz CT molecular complexity index is 421. The number of hydrogen-bond acceptors (Lipinski definition) is 2. The summed E-state index contributed by atoms with van der Waals surface area (Å²) in [6, 6.07) is 4.05. The summed E-state index contributed by atoms with van der Waals surface area (Å²) in [5.74, 6) is -1.11. The zero-order valence-corrected chi connectivity index (χ0v) is 11.5. The molecule has 0 spiro atoms. The van der Waals surface area contributed by atoms with Gasteiger partial charge in [-0.2, -0.15) is 0 Å². The van der Waals surface area contributed by atoms with Crippen molar-refractivity contribution in [2.75, 3.05) is 13.2 Å². The van der Waals surface area contributed by atoms with E-state index in [1.807, 2.05) is 13.8 Å². The molecule has 0 heterocycles. The van der Waals surface area contributed by atoms with Crippen molar-refractivity contribution in [1.29, 1.82) is 0 Å². The Hall–Kier alpha value is -1.00. The van der Waals surface area contributed by atoms with Crippen LogP contribution in [0.2, 0.25) is 0 Å². The van der Waals surface area contributed by atoms with Crippen molar-refractivity contribution in [3.8, 4) is 0 Å². The standard InChI is InChI=1S/C15H21F2NO/c1-3-18-14(15(19-4-2)10-8-9-10)11-6-5-7-12(16)13(11)17/h5-7,10,14-15,18H,3-4,8-9H2,1-2H3. The van der Waals surface area contributed by atoms with Gasteiger partial charge in [-0.05, 0) is 38.3 Å². The van der Waals surface area contributed by atoms with E-state index in [1.54, 1.807) is 12.1 Å². The fourth-order valence-electron chi connectivity index (χ4n) is 2.51. The van der Waals surface area contributed by atoms with Gasteiger partial charge in [-0.3, -0.25) is 0 Å². The number of hydrogen-bond donors (Lipinski definition) is 1. The largest absolute Gasteiger partial charge is 0.376 e. The lowest BCUT2D eigenvalue weighted by molar-refractivity contribution is 0.0179. The number of halogens is 2. The maximum Gasteiger partial charge on any atom is 0.163 e. The fraction of sp³-hybridized carbons (Fsp3) is 0.600. The lowest BCUT2D eigenvalue weighted by atomic mass is 9.97. The summed E-state index contributed by atoms with van der Waals surface area (Å²) in [6.07, 6.45) is 2.12. The summed E-state index contributed by atoms with van der Waals surface area (Å²) in [5, 5.41) is 3.24. The Balaban J connectivity index is 2.29. The number of likely N-dealkylation sites (N-methyl/N-ethyl adjacent to an activating group) is 1. The maximum atomic E-state index is 14.0. The molecule has 1 N–H and O–H groups in total. The van der Waals surface area contributed by atoms with E-state index in [2.05, 4.69) is 5.32 Å². The highest BCUT2D eigenvalue weighted by atomic mass is 19.2. The van der Waals surface area contributed by atoms with Gasteiger partial charge in [0.2, 0.25) is 0 Å². The van der Waals surface area contributed by atoms with E-state index in [0.29, 0.717) is 24.6 Å². The Morgan fingerprint density at radius 3 is 2.63 bits per heavy atom. The van der Waals surface area contributed by atoms with E-state index in [1.165, 1.54) is 0 Å². The van der Waals surface area contributed by atoms with E-state index in [-0.39, 0.29) is 12.1 Å². The van der Waals surface area contributed by atoms with Crippen molar-refractivity contribution >= 4 is 0 Å². The smallest absolute Gasteiger partial charge is 0.163 e. The lowest BCUT2D eigenvalue weighted by Crippen LogP contribution is -2.36. The Morgan fingerprint density at radius 2 is 2.05 bits per heavy atom. The highest BCUT2D eigenvalue weighted by Gasteiger charge is 2.38. The van der Waals surface area contributed by atoms with Crippen molar-refractivity contribution in [3.63, 3.8) is 0 Å². The van der Waals surface area contributed by atoms with Crippen LogP contribution < -0.4 is 5.32 Å². The number of nitrogens with one attached hydrogen (secondary N) is 1. The SMILES string of the molecule is CCNC(c1cccc(F)c1F)C(OCC)C1CC1. The quantitative estimate of drug-likeness (QED) is 0.819. The third-order valence-electron chi connectivity index (χ3n) is 3.51. The minimum absolute atomic E-state index is 0.0822. The molecule has 2 rings (SSSR count). The summed E-state index contributed by atoms with van der Waals surface area (Å²) in [7, 11) is 0. The first-order valence-electron chi connectivity index (χ1n) is 6.97. The van der Waals surface area contributed by atoms with Crippen LogP contribution in [0.1, 0.15) is 38.3 Å². The van der Waals surface area contributed by atoms with Crippen molar-refractivity contribution in [2.24, 2.45) is 5.92 Å². The first-order valence-corrected chi connectivity index (χ1v) is 6.97. The molecule has 1 fully saturated rings. The van der Waals surface area contributed by atoms with Crippen molar-refractivity contribution < 1.29 is 13.5 Å². The van der Waals surface area contributed by atoms with E-state index >= 15 is 0 Å². The summed E-state index contributed by atoms with van der Waals surface area (Å²) < 4.78 is 33.2. The first kappa shape index (κ1) is 14.4. The molecule has 1 aromatic carbocycles. The summed E-state index contributed by atoms with van der Waals surface area (Å²) >= 11 is 0. The molecule has 106 valence electrons. The lowest BCUT2D eigenvalue weighted by Gasteiger charge is -2.28. The Morgan fingerprint density at radius 1 is 1.32 bits per heavy atom. The molecular weight excluding hydrogens is 248 g/mol. The van der Waals surface area contributed by atoms with E-state index in [0.717, 1.165) is 18.9 Å². The molecule has 1 aliphatic carbocycles. The predicted octanol–water partition coefficient (Wildman–Crippen LogP) is 3.43. The van der Waals surface area contributed by atoms with Gasteiger partial charge in [0.15, 0.2) is 11.6 Å². The average molecular weight is 269 g/mol. The van der Waals surface area contributed by atoms with Gasteiger partial charge in [0, 0.05) is 12.2 Å². The van der Waals surface area contributed by atoms with Crippen molar-refractivity contribution in [1.82, 2.24) is 5.32 Å². The summed E-state index contributed by atoms with van der Waals surface area (Å²) in [5.41, 5.74) is 0.368. The highest BCUT2D eigenvalue weighted by molar-refractivity contribution is 5.24. The fourth-order valence-corrected chi connectivity index (χ4v) is 2.51. The summed E-state index contributed by atoms with van der Waals surface area (Å²) in [6.45, 7) is 5.16. The molecular formula is C15H21F2NO. The molecule has 2 nitrogen and oxygen atoms in total. The molecule has 1 aromatic rings. The van der Waals surface area contributed by atoms with E-state index < -0.39 is 11.6 Å². The molecule has 2 unspecified atom stereocenters. The van der Waals surface area contributed by atoms with Crippen molar-refractivity contribution in [3.05, 3.63) is 35.4 Å². The second-order valence-electron chi connectivity index (χ2n) is 4.94. The molecule has 2 atom stereocenters. The van der Waals surface area contributed by atoms with Gasteiger partial charge < -0.3 is 10.1 Å². The van der Waals surface area contributed by atoms with Gasteiger partial charge in [0.05, 0.1) is 12.1 Å². The normalized spacial score (nSPS) is 18.3. The number of ether oxygens (including phenoxy) is 1. The number of rotatable bonds is 7. The second kappa shape index (κ2) is 6.44. The zero-order valence-electron chi connectivity index (χ0n) is 11.5. The molecule has 0 saturated heterocycles. The van der Waals surface area contributed by atoms with Gasteiger partial charge in [0.25, 0.3) is 0 Å². The molecule has 19 heavy (non-hydrogen) atoms. The van der Waals surface area contributed by atoms with Crippen LogP contribution in [0.3, 0.4) is 0 Å². The minimum atomic E-state index is -0.800. The Labute approximate surface area is 113 Å². The van der Waals surface area contributed by atoms with Crippen LogP contribution in [0, 0.1) is 17.6 Å². The Kier molecular flexibility index (Phi) is 4.88. The molecule has 1 aliphatic rings. The third-order valence-corrected chi connectivity index (χ3v) is 3.51. The first-order chi connectivity index (χ1) is 9.19. The minimum Gasteiger partial charge on any atom is -0.376 e. The molecule has 0 amide bonds. The van der Waals surface area contributed by atoms with Crippen LogP contribution in [-0.2, 0) is 4.74 Å². The summed E-state index contributed by atoms with van der Waals surface area (Å²) in [4.78, 5) is 0. The third kappa shape index (κ3) is 3.31. The average Bonchev–Trinajstić information content (AvgIpc) is 3.22. The monoisotopic (exact) mass is 269 g/mol. The van der Waals surface area contributed by atoms with Crippen molar-refractivity contribution in [2.45, 2.75) is 38.8 Å². The van der Waals surface area contributed by atoms with Crippen LogP contribution in [-0.4, -0.2) is 19.3 Å². The van der Waals surface area contributed by atoms with Gasteiger partial charge in [0.1, 0.15) is 0 Å². The van der Waals surface area contributed by atoms with Crippen LogP contribution in [0.25, 0.3) is 0 Å². The zero-order chi connectivity index (χ0) is 13.8. The topological polar surface area (TPSA) is 21.3 Å². The molecule has 1 saturated carbocycles. The van der Waals surface area contributed by atoms with Crippen LogP contribution in [0.15, 0.2) is 18.2 Å². The number of benzene rings is 1. The molecule has 0 aliphatic heterocycles. The van der Waals surface area contributed by atoms with Gasteiger partial charge in [-0.25, -0.2) is 8.78 Å². The molecule has 0 radical (unpaired) electrons. The van der Waals surface area contributed by atoms with Crippen LogP contribution in [0.5, 0.6) is 0 Å². The van der Waals surface area contributed by atoms with Gasteiger partial charge in [-0.1, -0.05) is 19.1 Å². The van der Waals surface area contributed by atoms with E-state index in [9.17, 15) is 8.78 Å². The molecule has 4 heteroatoms. The highest BCUT2D eigenvalue weighted by Crippen LogP contribution is 2.40. The predicted molar refractivity (Wildman–Crippen MR) is 70.9 cm³/mol. The maximum absolute atomic E-state index is 14.0. The van der Waals surface area contributed by atoms with E-state index in [4.69, 9.17) is 4.74 Å². The van der Waals surface area contributed by atoms with Crippen LogP contribution in [0.4, 0.5) is 8.78 Å². The van der Waals surface area contributed by atoms with Gasteiger partial charge in [-0.15, -0.1) is 0 Å². The second-order valence-corrected chi connectivity index (χ2v) is 4.94. The molecule has 0 aromatic heterocycles. The molecule has 0 bridgehead atoms. The van der Waals surface area contributed by atoms with Gasteiger partial charge >= 0.3 is 0 Å². The van der Waals surface area contributed by atoms with Crippen LogP contribution >= 0.6 is 0 Å².